The molecule has 0 aromatic carbocycles. The van der Waals surface area contributed by atoms with Crippen LogP contribution in [0.5, 0.6) is 0 Å². The normalized spacial score (nSPS) is 64.2. The van der Waals surface area contributed by atoms with Gasteiger partial charge in [0.1, 0.15) is 0 Å². The molecule has 6 rings (SSSR count). The van der Waals surface area contributed by atoms with Gasteiger partial charge in [0.25, 0.3) is 0 Å². The smallest absolute Gasteiger partial charge is 0.0903 e. The summed E-state index contributed by atoms with van der Waals surface area (Å²) in [5, 5.41) is 10.2. The lowest BCUT2D eigenvalue weighted by molar-refractivity contribution is -0.136. The van der Waals surface area contributed by atoms with Gasteiger partial charge in [-0.3, -0.25) is 0 Å². The summed E-state index contributed by atoms with van der Waals surface area (Å²) in [6.07, 6.45) is 16.3. The van der Waals surface area contributed by atoms with Gasteiger partial charge in [0.05, 0.1) is 18.3 Å². The number of fused-ring (bicyclic) bond motifs is 5. The van der Waals surface area contributed by atoms with Gasteiger partial charge in [-0.05, 0) is 106 Å². The van der Waals surface area contributed by atoms with E-state index in [1.165, 1.54) is 57.8 Å². The lowest BCUT2D eigenvalue weighted by Gasteiger charge is -2.61. The first-order valence-electron chi connectivity index (χ1n) is 11.0. The monoisotopic (exact) mass is 330 g/mol. The van der Waals surface area contributed by atoms with Crippen molar-refractivity contribution in [3.63, 3.8) is 0 Å². The van der Waals surface area contributed by atoms with Gasteiger partial charge in [-0.15, -0.1) is 0 Å². The Balaban J connectivity index is 1.34. The third-order valence-corrected chi connectivity index (χ3v) is 10.3. The first-order chi connectivity index (χ1) is 11.6. The molecular weight excluding hydrogens is 296 g/mol. The fourth-order valence-electron chi connectivity index (χ4n) is 9.27. The topological polar surface area (TPSA) is 32.8 Å². The van der Waals surface area contributed by atoms with Crippen molar-refractivity contribution in [3.8, 4) is 0 Å². The zero-order chi connectivity index (χ0) is 16.1. The van der Waals surface area contributed by atoms with Crippen LogP contribution in [-0.4, -0.2) is 23.4 Å². The number of hydrogen-bond acceptors (Lipinski definition) is 2. The molecule has 2 heteroatoms. The van der Waals surface area contributed by atoms with Gasteiger partial charge >= 0.3 is 0 Å². The molecule has 10 atom stereocenters. The van der Waals surface area contributed by atoms with Crippen LogP contribution in [0.15, 0.2) is 0 Å². The number of ether oxygens (including phenoxy) is 1. The maximum absolute atomic E-state index is 10.2. The standard InChI is InChI=1S/C22H34O2/c1-21-10-8-15(23)12-14(21)2-5-16-17(21)9-11-22-13(3-6-18(16)22)4-7-19-20(22)24-19/h13-20,23H,2-12H2,1H3/t13-,14-,15+,16-,17+,18+,19?,20?,21+,22-/m1/s1. The van der Waals surface area contributed by atoms with Crippen LogP contribution in [-0.2, 0) is 4.74 Å². The van der Waals surface area contributed by atoms with Crippen LogP contribution in [0, 0.1) is 40.4 Å². The average molecular weight is 331 g/mol. The Morgan fingerprint density at radius 2 is 1.67 bits per heavy atom. The molecule has 0 aromatic heterocycles. The van der Waals surface area contributed by atoms with Gasteiger partial charge in [0, 0.05) is 5.41 Å². The molecule has 6 aliphatic rings. The minimum Gasteiger partial charge on any atom is -0.393 e. The second-order valence-corrected chi connectivity index (χ2v) is 10.7. The quantitative estimate of drug-likeness (QED) is 0.661. The Kier molecular flexibility index (Phi) is 3.00. The molecule has 5 saturated carbocycles. The lowest BCUT2D eigenvalue weighted by Crippen LogP contribution is -2.56. The summed E-state index contributed by atoms with van der Waals surface area (Å²) in [4.78, 5) is 0. The van der Waals surface area contributed by atoms with E-state index in [4.69, 9.17) is 4.74 Å². The van der Waals surface area contributed by atoms with Crippen molar-refractivity contribution >= 4 is 0 Å². The molecule has 1 saturated heterocycles. The molecule has 0 aromatic rings. The zero-order valence-corrected chi connectivity index (χ0v) is 15.3. The van der Waals surface area contributed by atoms with Crippen LogP contribution in [0.4, 0.5) is 0 Å². The van der Waals surface area contributed by atoms with Crippen molar-refractivity contribution in [1.82, 2.24) is 0 Å². The molecule has 2 nitrogen and oxygen atoms in total. The van der Waals surface area contributed by atoms with Crippen molar-refractivity contribution in [3.05, 3.63) is 0 Å². The molecule has 1 aliphatic heterocycles. The third kappa shape index (κ3) is 1.71. The van der Waals surface area contributed by atoms with Gasteiger partial charge < -0.3 is 9.84 Å². The molecule has 24 heavy (non-hydrogen) atoms. The van der Waals surface area contributed by atoms with Crippen LogP contribution >= 0.6 is 0 Å². The Morgan fingerprint density at radius 3 is 2.58 bits per heavy atom. The minimum absolute atomic E-state index is 0.00983. The predicted octanol–water partition coefficient (Wildman–Crippen LogP) is 4.55. The summed E-state index contributed by atoms with van der Waals surface area (Å²) in [7, 11) is 0. The molecule has 134 valence electrons. The maximum atomic E-state index is 10.2. The average Bonchev–Trinajstić information content (AvgIpc) is 3.28. The predicted molar refractivity (Wildman–Crippen MR) is 93.4 cm³/mol. The fraction of sp³-hybridized carbons (Fsp3) is 1.00. The van der Waals surface area contributed by atoms with Crippen molar-refractivity contribution in [2.45, 2.75) is 95.9 Å². The second kappa shape index (κ2) is 4.80. The Bertz CT molecular complexity index is 546. The highest BCUT2D eigenvalue weighted by atomic mass is 16.6. The lowest BCUT2D eigenvalue weighted by atomic mass is 9.43. The zero-order valence-electron chi connectivity index (χ0n) is 15.3. The third-order valence-electron chi connectivity index (χ3n) is 10.3. The molecular formula is C22H34O2. The Morgan fingerprint density at radius 1 is 0.833 bits per heavy atom. The summed E-state index contributed by atoms with van der Waals surface area (Å²) in [5.74, 6) is 4.68. The Labute approximate surface area is 146 Å². The summed E-state index contributed by atoms with van der Waals surface area (Å²) >= 11 is 0. The Hall–Kier alpha value is -0.0800. The second-order valence-electron chi connectivity index (χ2n) is 10.7. The number of hydrogen-bond donors (Lipinski definition) is 1. The van der Waals surface area contributed by atoms with Crippen LogP contribution < -0.4 is 0 Å². The van der Waals surface area contributed by atoms with E-state index in [9.17, 15) is 5.11 Å². The molecule has 0 amide bonds. The van der Waals surface area contributed by atoms with E-state index >= 15 is 0 Å². The number of epoxide rings is 1. The van der Waals surface area contributed by atoms with Crippen LogP contribution in [0.25, 0.3) is 0 Å². The van der Waals surface area contributed by atoms with Crippen molar-refractivity contribution < 1.29 is 9.84 Å². The molecule has 1 heterocycles. The summed E-state index contributed by atoms with van der Waals surface area (Å²) in [6, 6.07) is 0. The maximum Gasteiger partial charge on any atom is 0.0903 e. The van der Waals surface area contributed by atoms with E-state index in [-0.39, 0.29) is 6.10 Å². The van der Waals surface area contributed by atoms with E-state index < -0.39 is 0 Å². The molecule has 0 radical (unpaired) electrons. The van der Waals surface area contributed by atoms with E-state index in [1.807, 2.05) is 0 Å². The number of aliphatic hydroxyl groups excluding tert-OH is 1. The van der Waals surface area contributed by atoms with E-state index in [0.717, 1.165) is 42.4 Å². The van der Waals surface area contributed by atoms with Crippen LogP contribution in [0.1, 0.15) is 77.6 Å². The van der Waals surface area contributed by atoms with Crippen molar-refractivity contribution in [2.24, 2.45) is 40.4 Å². The summed E-state index contributed by atoms with van der Waals surface area (Å²) in [6.45, 7) is 2.61. The molecule has 2 unspecified atom stereocenters. The molecule has 6 fully saturated rings. The van der Waals surface area contributed by atoms with Crippen LogP contribution in [0.2, 0.25) is 0 Å². The molecule has 0 bridgehead atoms. The number of rotatable bonds is 0. The van der Waals surface area contributed by atoms with E-state index in [1.54, 1.807) is 0 Å². The van der Waals surface area contributed by atoms with E-state index in [2.05, 4.69) is 6.92 Å². The highest BCUT2D eigenvalue weighted by Crippen LogP contribution is 2.72. The highest BCUT2D eigenvalue weighted by molar-refractivity contribution is 5.18. The van der Waals surface area contributed by atoms with Crippen molar-refractivity contribution in [1.29, 1.82) is 0 Å². The largest absolute Gasteiger partial charge is 0.393 e. The number of aliphatic hydroxyl groups is 1. The van der Waals surface area contributed by atoms with Crippen molar-refractivity contribution in [2.75, 3.05) is 0 Å². The first-order valence-corrected chi connectivity index (χ1v) is 11.0. The first kappa shape index (κ1) is 15.0. The van der Waals surface area contributed by atoms with Gasteiger partial charge in [-0.1, -0.05) is 6.92 Å². The van der Waals surface area contributed by atoms with Gasteiger partial charge in [0.2, 0.25) is 0 Å². The highest BCUT2D eigenvalue weighted by Gasteiger charge is 2.70. The fourth-order valence-corrected chi connectivity index (χ4v) is 9.27. The van der Waals surface area contributed by atoms with Gasteiger partial charge in [-0.25, -0.2) is 0 Å². The summed E-state index contributed by atoms with van der Waals surface area (Å²) in [5.41, 5.74) is 1.13. The van der Waals surface area contributed by atoms with E-state index in [0.29, 0.717) is 23.0 Å². The molecule has 5 aliphatic carbocycles. The van der Waals surface area contributed by atoms with Crippen LogP contribution in [0.3, 0.4) is 0 Å². The molecule has 1 N–H and O–H groups in total. The molecule has 1 spiro atoms. The van der Waals surface area contributed by atoms with Gasteiger partial charge in [-0.2, -0.15) is 0 Å². The van der Waals surface area contributed by atoms with Gasteiger partial charge in [0.15, 0.2) is 0 Å². The minimum atomic E-state index is -0.00983. The summed E-state index contributed by atoms with van der Waals surface area (Å²) < 4.78 is 6.24. The SMILES string of the molecule is C[C@]12CC[C@H](O)C[C@H]1CC[C@@H]1[C@@H]2CC[C@@]23C4OC4CC[C@H]2CC[C@@H]13.